The van der Waals surface area contributed by atoms with Crippen LogP contribution < -0.4 is 5.32 Å². The van der Waals surface area contributed by atoms with E-state index in [2.05, 4.69) is 37.1 Å². The Labute approximate surface area is 163 Å². The van der Waals surface area contributed by atoms with Gasteiger partial charge in [-0.25, -0.2) is 0 Å². The van der Waals surface area contributed by atoms with E-state index in [0.29, 0.717) is 29.3 Å². The molecule has 1 amide bonds. The summed E-state index contributed by atoms with van der Waals surface area (Å²) in [4.78, 5) is 15.6. The van der Waals surface area contributed by atoms with Crippen LogP contribution in [0.1, 0.15) is 64.9 Å². The van der Waals surface area contributed by atoms with Crippen LogP contribution in [-0.2, 0) is 4.79 Å². The van der Waals surface area contributed by atoms with Crippen LogP contribution in [0.25, 0.3) is 0 Å². The lowest BCUT2D eigenvalue weighted by atomic mass is 9.74. The molecule has 0 atom stereocenters. The average Bonchev–Trinajstić information content (AvgIpc) is 3.16. The normalized spacial score (nSPS) is 20.3. The van der Waals surface area contributed by atoms with Crippen LogP contribution in [-0.4, -0.2) is 30.4 Å². The number of amides is 1. The Hall–Kier alpha value is -2.02. The van der Waals surface area contributed by atoms with Gasteiger partial charge in [-0.1, -0.05) is 33.6 Å². The van der Waals surface area contributed by atoms with Gasteiger partial charge in [-0.2, -0.15) is 5.26 Å². The zero-order valence-corrected chi connectivity index (χ0v) is 17.1. The molecule has 1 aliphatic heterocycles. The minimum atomic E-state index is -0.261. The van der Waals surface area contributed by atoms with E-state index in [1.54, 1.807) is 0 Å². The number of carbonyl (C=O) groups excluding carboxylic acids is 1. The fourth-order valence-electron chi connectivity index (χ4n) is 4.74. The molecule has 1 aromatic carbocycles. The lowest BCUT2D eigenvalue weighted by molar-refractivity contribution is -0.143. The second-order valence-electron chi connectivity index (χ2n) is 9.46. The van der Waals surface area contributed by atoms with Crippen molar-refractivity contribution >= 4 is 11.6 Å². The number of anilines is 1. The number of rotatable bonds is 4. The summed E-state index contributed by atoms with van der Waals surface area (Å²) in [6, 6.07) is 9.65. The van der Waals surface area contributed by atoms with E-state index in [1.807, 2.05) is 24.3 Å². The highest BCUT2D eigenvalue weighted by Gasteiger charge is 2.44. The number of benzene rings is 1. The Morgan fingerprint density at radius 1 is 1.19 bits per heavy atom. The van der Waals surface area contributed by atoms with E-state index in [1.165, 1.54) is 0 Å². The van der Waals surface area contributed by atoms with Crippen LogP contribution in [0.3, 0.4) is 0 Å². The summed E-state index contributed by atoms with van der Waals surface area (Å²) in [6.07, 6.45) is 6.48. The van der Waals surface area contributed by atoms with Crippen molar-refractivity contribution in [1.29, 1.82) is 5.26 Å². The van der Waals surface area contributed by atoms with E-state index in [9.17, 15) is 4.79 Å². The van der Waals surface area contributed by atoms with Gasteiger partial charge < -0.3 is 10.2 Å². The average molecular weight is 368 g/mol. The summed E-state index contributed by atoms with van der Waals surface area (Å²) < 4.78 is 0. The highest BCUT2D eigenvalue weighted by molar-refractivity contribution is 5.84. The first-order valence-electron chi connectivity index (χ1n) is 10.4. The second-order valence-corrected chi connectivity index (χ2v) is 9.46. The number of nitrogens with zero attached hydrogens (tertiary/aromatic N) is 2. The number of likely N-dealkylation sites (tertiary alicyclic amines) is 1. The van der Waals surface area contributed by atoms with Crippen LogP contribution in [0.2, 0.25) is 0 Å². The summed E-state index contributed by atoms with van der Waals surface area (Å²) in [5.74, 6) is 1.06. The number of piperidine rings is 1. The van der Waals surface area contributed by atoms with Gasteiger partial charge in [0.15, 0.2) is 0 Å². The summed E-state index contributed by atoms with van der Waals surface area (Å²) in [5, 5.41) is 12.4. The molecule has 4 heteroatoms. The van der Waals surface area contributed by atoms with E-state index >= 15 is 0 Å². The van der Waals surface area contributed by atoms with Crippen LogP contribution in [0, 0.1) is 28.1 Å². The SMILES string of the molecule is CC(C)(C)C1CCN(C(=O)C2(CNc3ccc(C#N)cc3)CCCC2)CC1. The second kappa shape index (κ2) is 7.92. The maximum atomic E-state index is 13.4. The summed E-state index contributed by atoms with van der Waals surface area (Å²) in [7, 11) is 0. The first-order valence-corrected chi connectivity index (χ1v) is 10.4. The zero-order valence-electron chi connectivity index (χ0n) is 17.1. The standard InChI is InChI=1S/C23H33N3O/c1-22(2,3)19-10-14-26(15-11-19)21(27)23(12-4-5-13-23)17-25-20-8-6-18(16-24)7-9-20/h6-9,19,25H,4-5,10-15,17H2,1-3H3. The quantitative estimate of drug-likeness (QED) is 0.830. The molecule has 2 fully saturated rings. The molecule has 1 aromatic rings. The van der Waals surface area contributed by atoms with Crippen molar-refractivity contribution in [2.45, 2.75) is 59.3 Å². The molecule has 1 heterocycles. The number of hydrogen-bond acceptors (Lipinski definition) is 3. The van der Waals surface area contributed by atoms with E-state index < -0.39 is 0 Å². The number of nitrogens with one attached hydrogen (secondary N) is 1. The van der Waals surface area contributed by atoms with Crippen LogP contribution in [0.5, 0.6) is 0 Å². The van der Waals surface area contributed by atoms with Crippen molar-refractivity contribution in [1.82, 2.24) is 4.90 Å². The third kappa shape index (κ3) is 4.46. The van der Waals surface area contributed by atoms with Crippen molar-refractivity contribution in [3.05, 3.63) is 29.8 Å². The Balaban J connectivity index is 1.63. The Kier molecular flexibility index (Phi) is 5.79. The molecule has 4 nitrogen and oxygen atoms in total. The number of hydrogen-bond donors (Lipinski definition) is 1. The van der Waals surface area contributed by atoms with Gasteiger partial charge in [-0.3, -0.25) is 4.79 Å². The smallest absolute Gasteiger partial charge is 0.230 e. The topological polar surface area (TPSA) is 56.1 Å². The molecule has 2 aliphatic rings. The van der Waals surface area contributed by atoms with Crippen molar-refractivity contribution < 1.29 is 4.79 Å². The monoisotopic (exact) mass is 367 g/mol. The molecule has 27 heavy (non-hydrogen) atoms. The zero-order chi connectivity index (χ0) is 19.5. The minimum absolute atomic E-state index is 0.261. The molecular formula is C23H33N3O. The molecule has 1 saturated carbocycles. The van der Waals surface area contributed by atoms with Crippen molar-refractivity contribution in [3.63, 3.8) is 0 Å². The maximum absolute atomic E-state index is 13.4. The number of nitriles is 1. The molecule has 1 N–H and O–H groups in total. The van der Waals surface area contributed by atoms with Crippen LogP contribution in [0.15, 0.2) is 24.3 Å². The molecule has 3 rings (SSSR count). The van der Waals surface area contributed by atoms with Crippen LogP contribution >= 0.6 is 0 Å². The van der Waals surface area contributed by atoms with Gasteiger partial charge in [0.25, 0.3) is 0 Å². The molecule has 0 radical (unpaired) electrons. The van der Waals surface area contributed by atoms with Gasteiger partial charge in [0.1, 0.15) is 0 Å². The molecule has 0 aromatic heterocycles. The molecule has 1 saturated heterocycles. The first kappa shape index (κ1) is 19.7. The molecule has 146 valence electrons. The fourth-order valence-corrected chi connectivity index (χ4v) is 4.74. The maximum Gasteiger partial charge on any atom is 0.230 e. The van der Waals surface area contributed by atoms with Gasteiger partial charge in [-0.15, -0.1) is 0 Å². The van der Waals surface area contributed by atoms with E-state index in [4.69, 9.17) is 5.26 Å². The van der Waals surface area contributed by atoms with E-state index in [0.717, 1.165) is 57.3 Å². The molecular weight excluding hydrogens is 334 g/mol. The third-order valence-corrected chi connectivity index (χ3v) is 6.67. The van der Waals surface area contributed by atoms with E-state index in [-0.39, 0.29) is 5.41 Å². The molecule has 0 bridgehead atoms. The summed E-state index contributed by atoms with van der Waals surface area (Å²) >= 11 is 0. The van der Waals surface area contributed by atoms with Crippen molar-refractivity contribution in [3.8, 4) is 6.07 Å². The predicted octanol–water partition coefficient (Wildman–Crippen LogP) is 4.82. The van der Waals surface area contributed by atoms with Gasteiger partial charge in [-0.05, 0) is 61.3 Å². The first-order chi connectivity index (χ1) is 12.8. The Morgan fingerprint density at radius 2 is 1.78 bits per heavy atom. The lowest BCUT2D eigenvalue weighted by Crippen LogP contribution is -2.50. The van der Waals surface area contributed by atoms with Gasteiger partial charge in [0.2, 0.25) is 5.91 Å². The third-order valence-electron chi connectivity index (χ3n) is 6.67. The van der Waals surface area contributed by atoms with Gasteiger partial charge in [0, 0.05) is 25.3 Å². The van der Waals surface area contributed by atoms with Gasteiger partial charge in [0.05, 0.1) is 17.0 Å². The lowest BCUT2D eigenvalue weighted by Gasteiger charge is -2.42. The fraction of sp³-hybridized carbons (Fsp3) is 0.652. The molecule has 1 aliphatic carbocycles. The Bertz CT molecular complexity index is 682. The summed E-state index contributed by atoms with van der Waals surface area (Å²) in [6.45, 7) is 9.44. The van der Waals surface area contributed by atoms with Crippen molar-refractivity contribution in [2.75, 3.05) is 25.0 Å². The summed E-state index contributed by atoms with van der Waals surface area (Å²) in [5.41, 5.74) is 1.72. The van der Waals surface area contributed by atoms with Gasteiger partial charge >= 0.3 is 0 Å². The number of carbonyl (C=O) groups is 1. The predicted molar refractivity (Wildman–Crippen MR) is 109 cm³/mol. The largest absolute Gasteiger partial charge is 0.384 e. The molecule has 0 spiro atoms. The minimum Gasteiger partial charge on any atom is -0.384 e. The highest BCUT2D eigenvalue weighted by atomic mass is 16.2. The highest BCUT2D eigenvalue weighted by Crippen LogP contribution is 2.42. The van der Waals surface area contributed by atoms with Crippen LogP contribution in [0.4, 0.5) is 5.69 Å². The molecule has 0 unspecified atom stereocenters. The Morgan fingerprint density at radius 3 is 2.30 bits per heavy atom. The van der Waals surface area contributed by atoms with Crippen molar-refractivity contribution in [2.24, 2.45) is 16.7 Å².